The molecule has 0 atom stereocenters. The Hall–Kier alpha value is -2.65. The van der Waals surface area contributed by atoms with E-state index in [9.17, 15) is 13.0 Å². The first-order chi connectivity index (χ1) is 10.7. The van der Waals surface area contributed by atoms with Crippen molar-refractivity contribution in [2.75, 3.05) is 18.6 Å². The smallest absolute Gasteiger partial charge is 0.296 e. The lowest BCUT2D eigenvalue weighted by molar-refractivity contribution is 0.417. The number of anilines is 2. The van der Waals surface area contributed by atoms with Crippen LogP contribution in [0, 0.1) is 6.92 Å². The van der Waals surface area contributed by atoms with Gasteiger partial charge in [-0.2, -0.15) is 13.5 Å². The third kappa shape index (κ3) is 3.76. The number of nitrogens with zero attached hydrogens (tertiary/aromatic N) is 2. The van der Waals surface area contributed by atoms with Gasteiger partial charge in [0, 0.05) is 11.8 Å². The normalized spacial score (nSPS) is 11.8. The molecule has 122 valence electrons. The molecule has 0 spiro atoms. The minimum absolute atomic E-state index is 0.0670. The van der Waals surface area contributed by atoms with E-state index in [1.165, 1.54) is 19.2 Å². The van der Waals surface area contributed by atoms with Crippen LogP contribution >= 0.6 is 0 Å². The Kier molecular flexibility index (Phi) is 4.52. The van der Waals surface area contributed by atoms with E-state index in [4.69, 9.17) is 16.2 Å². The van der Waals surface area contributed by atoms with Crippen molar-refractivity contribution < 1.29 is 17.7 Å². The molecule has 23 heavy (non-hydrogen) atoms. The van der Waals surface area contributed by atoms with Crippen molar-refractivity contribution in [1.29, 1.82) is 0 Å². The summed E-state index contributed by atoms with van der Waals surface area (Å²) < 4.78 is 37.1. The number of azo groups is 1. The van der Waals surface area contributed by atoms with Gasteiger partial charge in [0.25, 0.3) is 10.1 Å². The molecular weight excluding hydrogens is 320 g/mol. The number of methoxy groups -OCH3 is 1. The van der Waals surface area contributed by atoms with E-state index in [0.29, 0.717) is 17.1 Å². The zero-order valence-electron chi connectivity index (χ0n) is 12.5. The van der Waals surface area contributed by atoms with Gasteiger partial charge >= 0.3 is 0 Å². The van der Waals surface area contributed by atoms with Crippen LogP contribution in [0.4, 0.5) is 22.7 Å². The number of ether oxygens (including phenoxy) is 1. The van der Waals surface area contributed by atoms with Crippen LogP contribution in [0.2, 0.25) is 0 Å². The van der Waals surface area contributed by atoms with Gasteiger partial charge in [0.05, 0.1) is 18.5 Å². The summed E-state index contributed by atoms with van der Waals surface area (Å²) in [5.74, 6) is 0.423. The molecule has 0 saturated heterocycles. The Labute approximate surface area is 133 Å². The highest BCUT2D eigenvalue weighted by Gasteiger charge is 2.15. The molecule has 5 N–H and O–H groups in total. The van der Waals surface area contributed by atoms with Crippen LogP contribution in [0.5, 0.6) is 5.75 Å². The molecule has 0 aliphatic heterocycles. The van der Waals surface area contributed by atoms with Crippen molar-refractivity contribution in [2.24, 2.45) is 10.2 Å². The molecule has 2 rings (SSSR count). The highest BCUT2D eigenvalue weighted by molar-refractivity contribution is 7.86. The van der Waals surface area contributed by atoms with Crippen LogP contribution in [0.15, 0.2) is 45.5 Å². The molecule has 2 aromatic carbocycles. The van der Waals surface area contributed by atoms with Crippen LogP contribution in [-0.2, 0) is 10.1 Å². The first kappa shape index (κ1) is 16.7. The average molecular weight is 336 g/mol. The van der Waals surface area contributed by atoms with Gasteiger partial charge in [0.1, 0.15) is 16.3 Å². The quantitative estimate of drug-likeness (QED) is 0.445. The van der Waals surface area contributed by atoms with Gasteiger partial charge < -0.3 is 16.2 Å². The molecule has 0 aromatic heterocycles. The van der Waals surface area contributed by atoms with Crippen LogP contribution in [0.25, 0.3) is 0 Å². The van der Waals surface area contributed by atoms with E-state index in [1.807, 2.05) is 0 Å². The van der Waals surface area contributed by atoms with Gasteiger partial charge in [-0.1, -0.05) is 0 Å². The lowest BCUT2D eigenvalue weighted by Gasteiger charge is -2.07. The number of nitrogen functional groups attached to an aromatic ring is 2. The van der Waals surface area contributed by atoms with Gasteiger partial charge in [0.2, 0.25) is 0 Å². The van der Waals surface area contributed by atoms with E-state index < -0.39 is 10.1 Å². The van der Waals surface area contributed by atoms with Crippen molar-refractivity contribution in [2.45, 2.75) is 11.8 Å². The maximum Gasteiger partial charge on any atom is 0.296 e. The summed E-state index contributed by atoms with van der Waals surface area (Å²) in [4.78, 5) is -0.379. The Morgan fingerprint density at radius 2 is 1.74 bits per heavy atom. The first-order valence-corrected chi connectivity index (χ1v) is 7.89. The molecule has 0 bridgehead atoms. The first-order valence-electron chi connectivity index (χ1n) is 6.45. The summed E-state index contributed by atoms with van der Waals surface area (Å²) in [5, 5.41) is 7.88. The molecule has 2 aromatic rings. The zero-order chi connectivity index (χ0) is 17.2. The number of aryl methyl sites for hydroxylation is 1. The maximum atomic E-state index is 11.4. The van der Waals surface area contributed by atoms with Gasteiger partial charge in [-0.05, 0) is 36.8 Å². The third-order valence-corrected chi connectivity index (χ3v) is 3.98. The number of rotatable bonds is 4. The Morgan fingerprint density at radius 1 is 1.09 bits per heavy atom. The molecule has 8 nitrogen and oxygen atoms in total. The predicted octanol–water partition coefficient (Wildman–Crippen LogP) is 2.83. The number of hydrogen-bond donors (Lipinski definition) is 3. The predicted molar refractivity (Wildman–Crippen MR) is 87.0 cm³/mol. The average Bonchev–Trinajstić information content (AvgIpc) is 2.45. The number of hydrogen-bond acceptors (Lipinski definition) is 7. The summed E-state index contributed by atoms with van der Waals surface area (Å²) in [7, 11) is -2.97. The Bertz CT molecular complexity index is 879. The minimum Gasteiger partial charge on any atom is -0.495 e. The fourth-order valence-corrected chi connectivity index (χ4v) is 2.53. The molecular formula is C14H16N4O4S. The van der Waals surface area contributed by atoms with Gasteiger partial charge in [0.15, 0.2) is 0 Å². The molecule has 0 radical (unpaired) electrons. The number of nitrogens with two attached hydrogens (primary N) is 2. The van der Waals surface area contributed by atoms with Crippen molar-refractivity contribution in [3.8, 4) is 5.75 Å². The summed E-state index contributed by atoms with van der Waals surface area (Å²) in [5.41, 5.74) is 13.2. The molecule has 0 amide bonds. The molecule has 0 unspecified atom stereocenters. The second kappa shape index (κ2) is 6.23. The van der Waals surface area contributed by atoms with Crippen molar-refractivity contribution in [1.82, 2.24) is 0 Å². The Morgan fingerprint density at radius 3 is 2.35 bits per heavy atom. The van der Waals surface area contributed by atoms with Gasteiger partial charge in [-0.15, -0.1) is 5.11 Å². The standard InChI is InChI=1S/C14H16N4O4S/c1-8-5-10(16)13(22-2)7-11(8)17-18-12-6-9(15)3-4-14(12)23(19,20)21/h3-7H,15-16H2,1-2H3,(H,19,20,21). The van der Waals surface area contributed by atoms with Crippen molar-refractivity contribution in [3.05, 3.63) is 35.9 Å². The molecule has 0 heterocycles. The van der Waals surface area contributed by atoms with Crippen molar-refractivity contribution >= 4 is 32.9 Å². The molecule has 0 aliphatic rings. The molecule has 0 aliphatic carbocycles. The zero-order valence-corrected chi connectivity index (χ0v) is 13.3. The second-order valence-corrected chi connectivity index (χ2v) is 6.17. The summed E-state index contributed by atoms with van der Waals surface area (Å²) in [6.07, 6.45) is 0. The van der Waals surface area contributed by atoms with E-state index in [-0.39, 0.29) is 16.3 Å². The van der Waals surface area contributed by atoms with Crippen LogP contribution in [0.3, 0.4) is 0 Å². The van der Waals surface area contributed by atoms with E-state index in [0.717, 1.165) is 11.6 Å². The van der Waals surface area contributed by atoms with Crippen LogP contribution < -0.4 is 16.2 Å². The lowest BCUT2D eigenvalue weighted by Crippen LogP contribution is -1.99. The lowest BCUT2D eigenvalue weighted by atomic mass is 10.1. The minimum atomic E-state index is -4.44. The topological polar surface area (TPSA) is 140 Å². The van der Waals surface area contributed by atoms with Gasteiger partial charge in [-0.3, -0.25) is 4.55 Å². The van der Waals surface area contributed by atoms with Crippen molar-refractivity contribution in [3.63, 3.8) is 0 Å². The SMILES string of the molecule is COc1cc(N=Nc2cc(N)ccc2S(=O)(=O)O)c(C)cc1N. The monoisotopic (exact) mass is 336 g/mol. The largest absolute Gasteiger partial charge is 0.495 e. The van der Waals surface area contributed by atoms with E-state index in [1.54, 1.807) is 19.1 Å². The molecule has 9 heteroatoms. The van der Waals surface area contributed by atoms with Crippen LogP contribution in [-0.4, -0.2) is 20.1 Å². The summed E-state index contributed by atoms with van der Waals surface area (Å²) in [6.45, 7) is 1.77. The maximum absolute atomic E-state index is 11.4. The third-order valence-electron chi connectivity index (χ3n) is 3.07. The summed E-state index contributed by atoms with van der Waals surface area (Å²) in [6, 6.07) is 7.05. The summed E-state index contributed by atoms with van der Waals surface area (Å²) >= 11 is 0. The molecule has 0 saturated carbocycles. The van der Waals surface area contributed by atoms with E-state index in [2.05, 4.69) is 10.2 Å². The fourth-order valence-electron chi connectivity index (χ4n) is 1.92. The highest BCUT2D eigenvalue weighted by atomic mass is 32.2. The second-order valence-electron chi connectivity index (χ2n) is 4.78. The number of benzene rings is 2. The van der Waals surface area contributed by atoms with Gasteiger partial charge in [-0.25, -0.2) is 0 Å². The molecule has 0 fully saturated rings. The van der Waals surface area contributed by atoms with E-state index >= 15 is 0 Å². The highest BCUT2D eigenvalue weighted by Crippen LogP contribution is 2.33. The fraction of sp³-hybridized carbons (Fsp3) is 0.143. The Balaban J connectivity index is 2.51. The van der Waals surface area contributed by atoms with Crippen LogP contribution in [0.1, 0.15) is 5.56 Å².